The Morgan fingerprint density at radius 3 is 2.88 bits per heavy atom. The highest BCUT2D eigenvalue weighted by Crippen LogP contribution is 2.27. The molecule has 0 saturated carbocycles. The first-order valence-corrected chi connectivity index (χ1v) is 9.59. The first-order chi connectivity index (χ1) is 12.0. The van der Waals surface area contributed by atoms with E-state index in [0.29, 0.717) is 13.1 Å². The number of carbonyl (C=O) groups excluding carboxylic acids is 1. The fourth-order valence-electron chi connectivity index (χ4n) is 3.20. The number of carbonyl (C=O) groups is 1. The molecule has 2 aromatic rings. The predicted molar refractivity (Wildman–Crippen MR) is 91.5 cm³/mol. The van der Waals surface area contributed by atoms with E-state index in [1.54, 1.807) is 24.7 Å². The standard InChI is InChI=1S/C17H21N3O4S/c1-24-17(21)15-6-2-3-7-16(15)25(22,23)20-9-4-5-14(12-20)11-19-10-8-18-13-19/h2-3,6-8,10,13-14H,4-5,9,11-12H2,1H3. The highest BCUT2D eigenvalue weighted by atomic mass is 32.2. The van der Waals surface area contributed by atoms with Gasteiger partial charge in [-0.05, 0) is 30.9 Å². The summed E-state index contributed by atoms with van der Waals surface area (Å²) in [5.41, 5.74) is 0.0710. The molecule has 1 unspecified atom stereocenters. The maximum atomic E-state index is 13.1. The van der Waals surface area contributed by atoms with Crippen LogP contribution in [0.25, 0.3) is 0 Å². The molecule has 1 atom stereocenters. The van der Waals surface area contributed by atoms with Gasteiger partial charge in [0.15, 0.2) is 0 Å². The number of hydrogen-bond donors (Lipinski definition) is 0. The van der Waals surface area contributed by atoms with E-state index in [0.717, 1.165) is 19.4 Å². The molecule has 3 rings (SSSR count). The molecule has 1 aliphatic heterocycles. The molecule has 1 fully saturated rings. The van der Waals surface area contributed by atoms with Crippen molar-refractivity contribution in [2.75, 3.05) is 20.2 Å². The van der Waals surface area contributed by atoms with E-state index < -0.39 is 16.0 Å². The topological polar surface area (TPSA) is 81.5 Å². The maximum Gasteiger partial charge on any atom is 0.339 e. The molecule has 25 heavy (non-hydrogen) atoms. The summed E-state index contributed by atoms with van der Waals surface area (Å²) in [6.45, 7) is 1.61. The molecule has 0 aliphatic carbocycles. The molecule has 0 radical (unpaired) electrons. The van der Waals surface area contributed by atoms with Gasteiger partial charge in [0.2, 0.25) is 10.0 Å². The maximum absolute atomic E-state index is 13.1. The van der Waals surface area contributed by atoms with Crippen molar-refractivity contribution in [3.8, 4) is 0 Å². The highest BCUT2D eigenvalue weighted by molar-refractivity contribution is 7.89. The molecule has 0 spiro atoms. The number of nitrogens with zero attached hydrogens (tertiary/aromatic N) is 3. The molecule has 2 heterocycles. The van der Waals surface area contributed by atoms with Crippen LogP contribution in [0.1, 0.15) is 23.2 Å². The number of benzene rings is 1. The van der Waals surface area contributed by atoms with Crippen LogP contribution in [0, 0.1) is 5.92 Å². The Hall–Kier alpha value is -2.19. The monoisotopic (exact) mass is 363 g/mol. The molecule has 1 saturated heterocycles. The fraction of sp³-hybridized carbons (Fsp3) is 0.412. The van der Waals surface area contributed by atoms with Crippen molar-refractivity contribution < 1.29 is 17.9 Å². The third-order valence-electron chi connectivity index (χ3n) is 4.42. The zero-order valence-electron chi connectivity index (χ0n) is 14.0. The van der Waals surface area contributed by atoms with Crippen molar-refractivity contribution in [1.29, 1.82) is 0 Å². The van der Waals surface area contributed by atoms with Gasteiger partial charge >= 0.3 is 5.97 Å². The normalized spacial score (nSPS) is 18.8. The Kier molecular flexibility index (Phi) is 5.19. The first-order valence-electron chi connectivity index (χ1n) is 8.15. The number of esters is 1. The number of methoxy groups -OCH3 is 1. The number of rotatable bonds is 5. The van der Waals surface area contributed by atoms with E-state index in [9.17, 15) is 13.2 Å². The van der Waals surface area contributed by atoms with Gasteiger partial charge in [0, 0.05) is 32.0 Å². The van der Waals surface area contributed by atoms with E-state index in [4.69, 9.17) is 4.74 Å². The van der Waals surface area contributed by atoms with E-state index >= 15 is 0 Å². The number of ether oxygens (including phenoxy) is 1. The van der Waals surface area contributed by atoms with Crippen LogP contribution >= 0.6 is 0 Å². The van der Waals surface area contributed by atoms with Crippen LogP contribution in [0.3, 0.4) is 0 Å². The first kappa shape index (κ1) is 17.6. The highest BCUT2D eigenvalue weighted by Gasteiger charge is 2.33. The Bertz CT molecular complexity index is 833. The molecule has 1 aliphatic rings. The van der Waals surface area contributed by atoms with Crippen molar-refractivity contribution >= 4 is 16.0 Å². The molecule has 1 aromatic heterocycles. The molecule has 0 bridgehead atoms. The van der Waals surface area contributed by atoms with Gasteiger partial charge in [-0.1, -0.05) is 12.1 Å². The molecular formula is C17H21N3O4S. The lowest BCUT2D eigenvalue weighted by molar-refractivity contribution is 0.0596. The van der Waals surface area contributed by atoms with Gasteiger partial charge < -0.3 is 9.30 Å². The van der Waals surface area contributed by atoms with Crippen LogP contribution < -0.4 is 0 Å². The molecule has 8 heteroatoms. The number of piperidine rings is 1. The van der Waals surface area contributed by atoms with Crippen LogP contribution in [0.2, 0.25) is 0 Å². The summed E-state index contributed by atoms with van der Waals surface area (Å²) in [6, 6.07) is 6.18. The smallest absolute Gasteiger partial charge is 0.339 e. The van der Waals surface area contributed by atoms with Gasteiger partial charge in [0.25, 0.3) is 0 Å². The SMILES string of the molecule is COC(=O)c1ccccc1S(=O)(=O)N1CCCC(Cn2ccnc2)C1. The quantitative estimate of drug-likeness (QED) is 0.756. The minimum absolute atomic E-state index is 0.00475. The van der Waals surface area contributed by atoms with Gasteiger partial charge in [-0.15, -0.1) is 0 Å². The number of hydrogen-bond acceptors (Lipinski definition) is 5. The zero-order valence-corrected chi connectivity index (χ0v) is 14.9. The van der Waals surface area contributed by atoms with Crippen molar-refractivity contribution in [1.82, 2.24) is 13.9 Å². The lowest BCUT2D eigenvalue weighted by Crippen LogP contribution is -2.41. The van der Waals surface area contributed by atoms with E-state index in [-0.39, 0.29) is 16.4 Å². The van der Waals surface area contributed by atoms with Crippen molar-refractivity contribution in [2.45, 2.75) is 24.3 Å². The largest absolute Gasteiger partial charge is 0.465 e. The van der Waals surface area contributed by atoms with E-state index in [1.165, 1.54) is 23.5 Å². The molecule has 0 amide bonds. The fourth-order valence-corrected chi connectivity index (χ4v) is 4.93. The average Bonchev–Trinajstić information content (AvgIpc) is 3.14. The summed E-state index contributed by atoms with van der Waals surface area (Å²) in [5.74, 6) is -0.436. The summed E-state index contributed by atoms with van der Waals surface area (Å²) in [5, 5.41) is 0. The van der Waals surface area contributed by atoms with Crippen LogP contribution in [0.15, 0.2) is 47.9 Å². The van der Waals surface area contributed by atoms with Gasteiger partial charge in [-0.2, -0.15) is 4.31 Å². The van der Waals surface area contributed by atoms with Crippen LogP contribution in [-0.4, -0.2) is 48.4 Å². The second-order valence-corrected chi connectivity index (χ2v) is 8.02. The van der Waals surface area contributed by atoms with Crippen LogP contribution in [0.4, 0.5) is 0 Å². The Balaban J connectivity index is 1.83. The Morgan fingerprint density at radius 1 is 1.36 bits per heavy atom. The third kappa shape index (κ3) is 3.74. The molecular weight excluding hydrogens is 342 g/mol. The van der Waals surface area contributed by atoms with Gasteiger partial charge in [-0.25, -0.2) is 18.2 Å². The van der Waals surface area contributed by atoms with E-state index in [2.05, 4.69) is 4.98 Å². The number of aromatic nitrogens is 2. The molecule has 1 aromatic carbocycles. The molecule has 7 nitrogen and oxygen atoms in total. The lowest BCUT2D eigenvalue weighted by Gasteiger charge is -2.32. The summed E-state index contributed by atoms with van der Waals surface area (Å²) >= 11 is 0. The number of imidazole rings is 1. The summed E-state index contributed by atoms with van der Waals surface area (Å²) < 4.78 is 34.3. The summed E-state index contributed by atoms with van der Waals surface area (Å²) in [6.07, 6.45) is 7.08. The van der Waals surface area contributed by atoms with E-state index in [1.807, 2.05) is 10.8 Å². The van der Waals surface area contributed by atoms with Crippen molar-refractivity contribution in [3.63, 3.8) is 0 Å². The van der Waals surface area contributed by atoms with Gasteiger partial charge in [-0.3, -0.25) is 0 Å². The second-order valence-electron chi connectivity index (χ2n) is 6.12. The van der Waals surface area contributed by atoms with Crippen LogP contribution in [0.5, 0.6) is 0 Å². The average molecular weight is 363 g/mol. The third-order valence-corrected chi connectivity index (χ3v) is 6.34. The van der Waals surface area contributed by atoms with Crippen molar-refractivity contribution in [2.24, 2.45) is 5.92 Å². The van der Waals surface area contributed by atoms with Gasteiger partial charge in [0.1, 0.15) is 0 Å². The Labute approximate surface area is 147 Å². The molecule has 0 N–H and O–H groups in total. The van der Waals surface area contributed by atoms with Gasteiger partial charge in [0.05, 0.1) is 23.9 Å². The zero-order chi connectivity index (χ0) is 17.9. The predicted octanol–water partition coefficient (Wildman–Crippen LogP) is 1.77. The second kappa shape index (κ2) is 7.37. The minimum Gasteiger partial charge on any atom is -0.465 e. The molecule has 134 valence electrons. The number of sulfonamides is 1. The van der Waals surface area contributed by atoms with Crippen LogP contribution in [-0.2, 0) is 21.3 Å². The minimum atomic E-state index is -3.75. The van der Waals surface area contributed by atoms with Crippen molar-refractivity contribution in [3.05, 3.63) is 48.5 Å². The Morgan fingerprint density at radius 2 is 2.16 bits per heavy atom. The summed E-state index contributed by atoms with van der Waals surface area (Å²) in [7, 11) is -2.51. The lowest BCUT2D eigenvalue weighted by atomic mass is 10.00. The summed E-state index contributed by atoms with van der Waals surface area (Å²) in [4.78, 5) is 16.0.